The van der Waals surface area contributed by atoms with Gasteiger partial charge in [-0.15, -0.1) is 0 Å². The lowest BCUT2D eigenvalue weighted by atomic mass is 10.2. The second-order valence-electron chi connectivity index (χ2n) is 3.85. The highest BCUT2D eigenvalue weighted by Crippen LogP contribution is 2.46. The molecule has 0 bridgehead atoms. The molecule has 90 valence electrons. The lowest BCUT2D eigenvalue weighted by Gasteiger charge is -2.19. The smallest absolute Gasteiger partial charge is 0.212 e. The Hall–Kier alpha value is -1.94. The molecule has 0 saturated heterocycles. The minimum atomic E-state index is 0.164. The number of hydrogen-bond acceptors (Lipinski definition) is 4. The molecule has 0 unspecified atom stereocenters. The Kier molecular flexibility index (Phi) is 2.72. The fourth-order valence-corrected chi connectivity index (χ4v) is 2.78. The maximum atomic E-state index is 7.67. The maximum Gasteiger partial charge on any atom is 0.212 e. The number of nitrogens with one attached hydrogen (secondary N) is 1. The van der Waals surface area contributed by atoms with E-state index in [0.717, 1.165) is 26.9 Å². The lowest BCUT2D eigenvalue weighted by Crippen LogP contribution is -2.02. The number of ether oxygens (including phenoxy) is 2. The van der Waals surface area contributed by atoms with Crippen molar-refractivity contribution in [3.8, 4) is 11.5 Å². The van der Waals surface area contributed by atoms with Gasteiger partial charge in [0, 0.05) is 5.56 Å². The number of fused-ring (bicyclic) bond motifs is 2. The molecular formula is C14H11NO2S. The van der Waals surface area contributed by atoms with Gasteiger partial charge in [-0.1, -0.05) is 23.9 Å². The van der Waals surface area contributed by atoms with Crippen LogP contribution in [0.4, 0.5) is 0 Å². The molecule has 1 heterocycles. The molecule has 0 atom stereocenters. The first-order chi connectivity index (χ1) is 8.78. The Morgan fingerprint density at radius 1 is 1.11 bits per heavy atom. The summed E-state index contributed by atoms with van der Waals surface area (Å²) in [6.45, 7) is 0. The van der Waals surface area contributed by atoms with Gasteiger partial charge in [-0.05, 0) is 30.3 Å². The molecule has 2 aromatic rings. The van der Waals surface area contributed by atoms with Gasteiger partial charge in [0.2, 0.25) is 5.90 Å². The van der Waals surface area contributed by atoms with Crippen molar-refractivity contribution >= 4 is 17.7 Å². The van der Waals surface area contributed by atoms with Gasteiger partial charge in [0.25, 0.3) is 0 Å². The molecule has 0 aliphatic carbocycles. The summed E-state index contributed by atoms with van der Waals surface area (Å²) in [5.41, 5.74) is 0.756. The number of rotatable bonds is 1. The zero-order valence-electron chi connectivity index (χ0n) is 9.77. The standard InChI is InChI=1S/C14H11NO2S/c1-16-14(15)9-6-7-11-13(8-9)18-12-5-3-2-4-10(12)17-11/h2-8,15H,1H3. The number of benzene rings is 2. The van der Waals surface area contributed by atoms with Crippen LogP contribution >= 0.6 is 11.8 Å². The van der Waals surface area contributed by atoms with Crippen LogP contribution in [0.15, 0.2) is 52.3 Å². The van der Waals surface area contributed by atoms with E-state index in [4.69, 9.17) is 14.9 Å². The molecule has 0 amide bonds. The van der Waals surface area contributed by atoms with Gasteiger partial charge in [-0.2, -0.15) is 0 Å². The van der Waals surface area contributed by atoms with Crippen molar-refractivity contribution in [1.29, 1.82) is 5.41 Å². The van der Waals surface area contributed by atoms with E-state index in [1.807, 2.05) is 42.5 Å². The minimum Gasteiger partial charge on any atom is -0.481 e. The van der Waals surface area contributed by atoms with Crippen molar-refractivity contribution in [2.75, 3.05) is 7.11 Å². The first-order valence-electron chi connectivity index (χ1n) is 5.49. The third kappa shape index (κ3) is 1.84. The van der Waals surface area contributed by atoms with Gasteiger partial charge in [0.1, 0.15) is 11.5 Å². The summed E-state index contributed by atoms with van der Waals surface area (Å²) < 4.78 is 10.7. The van der Waals surface area contributed by atoms with Crippen LogP contribution in [-0.2, 0) is 4.74 Å². The van der Waals surface area contributed by atoms with E-state index in [9.17, 15) is 0 Å². The molecule has 1 aliphatic rings. The lowest BCUT2D eigenvalue weighted by molar-refractivity contribution is 0.400. The molecule has 1 aliphatic heterocycles. The highest BCUT2D eigenvalue weighted by atomic mass is 32.2. The second kappa shape index (κ2) is 4.38. The molecule has 0 radical (unpaired) electrons. The molecule has 3 rings (SSSR count). The van der Waals surface area contributed by atoms with Gasteiger partial charge < -0.3 is 9.47 Å². The molecule has 0 aromatic heterocycles. The molecule has 4 heteroatoms. The van der Waals surface area contributed by atoms with E-state index < -0.39 is 0 Å². The van der Waals surface area contributed by atoms with Gasteiger partial charge in [-0.25, -0.2) is 0 Å². The molecular weight excluding hydrogens is 246 g/mol. The van der Waals surface area contributed by atoms with E-state index in [1.54, 1.807) is 11.8 Å². The summed E-state index contributed by atoms with van der Waals surface area (Å²) in [5.74, 6) is 1.87. The second-order valence-corrected chi connectivity index (χ2v) is 4.93. The predicted molar refractivity (Wildman–Crippen MR) is 70.9 cm³/mol. The molecule has 3 nitrogen and oxygen atoms in total. The van der Waals surface area contributed by atoms with Crippen LogP contribution in [0.5, 0.6) is 11.5 Å². The summed E-state index contributed by atoms with van der Waals surface area (Å²) in [4.78, 5) is 2.10. The fourth-order valence-electron chi connectivity index (χ4n) is 1.79. The summed E-state index contributed by atoms with van der Waals surface area (Å²) in [6.07, 6.45) is 0. The topological polar surface area (TPSA) is 42.3 Å². The maximum absolute atomic E-state index is 7.67. The fraction of sp³-hybridized carbons (Fsp3) is 0.0714. The van der Waals surface area contributed by atoms with Crippen molar-refractivity contribution < 1.29 is 9.47 Å². The Balaban J connectivity index is 2.01. The zero-order valence-corrected chi connectivity index (χ0v) is 10.6. The normalized spacial score (nSPS) is 12.1. The SMILES string of the molecule is COC(=N)c1ccc2c(c1)Sc1ccccc1O2. The van der Waals surface area contributed by atoms with E-state index in [2.05, 4.69) is 0 Å². The van der Waals surface area contributed by atoms with Crippen LogP contribution in [0.2, 0.25) is 0 Å². The van der Waals surface area contributed by atoms with Crippen molar-refractivity contribution in [2.24, 2.45) is 0 Å². The van der Waals surface area contributed by atoms with Gasteiger partial charge in [0.15, 0.2) is 0 Å². The third-order valence-corrected chi connectivity index (χ3v) is 3.80. The summed E-state index contributed by atoms with van der Waals surface area (Å²) in [7, 11) is 1.50. The number of hydrogen-bond donors (Lipinski definition) is 1. The van der Waals surface area contributed by atoms with Gasteiger partial charge in [-0.3, -0.25) is 5.41 Å². The van der Waals surface area contributed by atoms with Crippen LogP contribution in [0.3, 0.4) is 0 Å². The van der Waals surface area contributed by atoms with Crippen LogP contribution in [-0.4, -0.2) is 13.0 Å². The van der Waals surface area contributed by atoms with E-state index in [0.29, 0.717) is 0 Å². The van der Waals surface area contributed by atoms with Crippen molar-refractivity contribution in [2.45, 2.75) is 9.79 Å². The molecule has 0 spiro atoms. The first-order valence-corrected chi connectivity index (χ1v) is 6.31. The Morgan fingerprint density at radius 3 is 2.72 bits per heavy atom. The number of methoxy groups -OCH3 is 1. The van der Waals surface area contributed by atoms with Crippen molar-refractivity contribution in [1.82, 2.24) is 0 Å². The largest absolute Gasteiger partial charge is 0.481 e. The van der Waals surface area contributed by atoms with Crippen LogP contribution in [0.1, 0.15) is 5.56 Å². The molecule has 0 fully saturated rings. The quantitative estimate of drug-likeness (QED) is 0.531. The van der Waals surface area contributed by atoms with Crippen LogP contribution in [0, 0.1) is 5.41 Å². The number of para-hydroxylation sites is 1. The average molecular weight is 257 g/mol. The van der Waals surface area contributed by atoms with Crippen molar-refractivity contribution in [3.63, 3.8) is 0 Å². The molecule has 0 saturated carbocycles. The van der Waals surface area contributed by atoms with Crippen LogP contribution < -0.4 is 4.74 Å². The van der Waals surface area contributed by atoms with E-state index in [-0.39, 0.29) is 5.90 Å². The van der Waals surface area contributed by atoms with Gasteiger partial charge >= 0.3 is 0 Å². The summed E-state index contributed by atoms with van der Waals surface area (Å²) >= 11 is 1.65. The third-order valence-electron chi connectivity index (χ3n) is 2.70. The summed E-state index contributed by atoms with van der Waals surface area (Å²) in [5, 5.41) is 7.67. The van der Waals surface area contributed by atoms with Gasteiger partial charge in [0.05, 0.1) is 16.9 Å². The zero-order chi connectivity index (χ0) is 12.5. The first kappa shape index (κ1) is 11.2. The Labute approximate surface area is 109 Å². The molecule has 2 aromatic carbocycles. The Bertz CT molecular complexity index is 625. The Morgan fingerprint density at radius 2 is 1.89 bits per heavy atom. The molecule has 1 N–H and O–H groups in total. The van der Waals surface area contributed by atoms with Crippen molar-refractivity contribution in [3.05, 3.63) is 48.0 Å². The van der Waals surface area contributed by atoms with E-state index in [1.165, 1.54) is 7.11 Å². The monoisotopic (exact) mass is 257 g/mol. The predicted octanol–water partition coefficient (Wildman–Crippen LogP) is 3.92. The van der Waals surface area contributed by atoms with Crippen LogP contribution in [0.25, 0.3) is 0 Å². The molecule has 18 heavy (non-hydrogen) atoms. The minimum absolute atomic E-state index is 0.164. The average Bonchev–Trinajstić information content (AvgIpc) is 2.43. The van der Waals surface area contributed by atoms with E-state index >= 15 is 0 Å². The highest BCUT2D eigenvalue weighted by molar-refractivity contribution is 7.99. The summed E-state index contributed by atoms with van der Waals surface area (Å²) in [6, 6.07) is 13.6. The highest BCUT2D eigenvalue weighted by Gasteiger charge is 2.18.